The van der Waals surface area contributed by atoms with E-state index in [-0.39, 0.29) is 24.7 Å². The minimum atomic E-state index is -0.325. The fourth-order valence-electron chi connectivity index (χ4n) is 2.52. The number of hydrogen-bond donors (Lipinski definition) is 2. The third-order valence-electron chi connectivity index (χ3n) is 3.71. The summed E-state index contributed by atoms with van der Waals surface area (Å²) in [5.74, 6) is 0.340. The van der Waals surface area contributed by atoms with Crippen LogP contribution in [-0.2, 0) is 17.8 Å². The summed E-state index contributed by atoms with van der Waals surface area (Å²) >= 11 is 0. The van der Waals surface area contributed by atoms with E-state index in [1.54, 1.807) is 6.08 Å². The van der Waals surface area contributed by atoms with Gasteiger partial charge >= 0.3 is 6.03 Å². The molecule has 0 aliphatic carbocycles. The van der Waals surface area contributed by atoms with Crippen LogP contribution in [0.4, 0.5) is 9.18 Å². The third kappa shape index (κ3) is 4.96. The second-order valence-electron chi connectivity index (χ2n) is 5.44. The summed E-state index contributed by atoms with van der Waals surface area (Å²) in [5, 5.41) is 5.67. The Kier molecular flexibility index (Phi) is 6.40. The van der Waals surface area contributed by atoms with Crippen LogP contribution in [0.5, 0.6) is 5.75 Å². The standard InChI is InChI=1S/C17H23FN2O3/c1-3-5-15(4-2)20-17(21)19-7-6-12-8-14(18)9-13-10-22-11-23-16(12)13/h3,8-9,15H,1,4-7,10-11H2,2H3,(H2,19,20,21). The number of halogens is 1. The summed E-state index contributed by atoms with van der Waals surface area (Å²) in [6, 6.07) is 2.71. The molecule has 0 saturated heterocycles. The van der Waals surface area contributed by atoms with Crippen LogP contribution in [0.3, 0.4) is 0 Å². The largest absolute Gasteiger partial charge is 0.467 e. The Morgan fingerprint density at radius 3 is 3.09 bits per heavy atom. The van der Waals surface area contributed by atoms with Crippen LogP contribution in [0, 0.1) is 5.82 Å². The van der Waals surface area contributed by atoms with Gasteiger partial charge in [0.1, 0.15) is 11.6 Å². The van der Waals surface area contributed by atoms with Gasteiger partial charge in [0.15, 0.2) is 6.79 Å². The molecule has 0 bridgehead atoms. The molecule has 0 fully saturated rings. The molecule has 2 amide bonds. The number of nitrogens with one attached hydrogen (secondary N) is 2. The maximum Gasteiger partial charge on any atom is 0.315 e. The van der Waals surface area contributed by atoms with E-state index in [9.17, 15) is 9.18 Å². The zero-order valence-corrected chi connectivity index (χ0v) is 13.4. The Bertz CT molecular complexity index is 563. The average molecular weight is 322 g/mol. The van der Waals surface area contributed by atoms with Gasteiger partial charge in [0, 0.05) is 18.2 Å². The van der Waals surface area contributed by atoms with Gasteiger partial charge in [0.25, 0.3) is 0 Å². The molecule has 0 spiro atoms. The molecule has 2 N–H and O–H groups in total. The maximum atomic E-state index is 13.6. The number of amides is 2. The molecule has 1 aliphatic rings. The van der Waals surface area contributed by atoms with Gasteiger partial charge in [0.2, 0.25) is 0 Å². The molecule has 5 nitrogen and oxygen atoms in total. The van der Waals surface area contributed by atoms with Gasteiger partial charge in [-0.2, -0.15) is 0 Å². The van der Waals surface area contributed by atoms with E-state index in [0.717, 1.165) is 18.4 Å². The number of carbonyl (C=O) groups is 1. The van der Waals surface area contributed by atoms with Crippen molar-refractivity contribution in [1.29, 1.82) is 0 Å². The lowest BCUT2D eigenvalue weighted by Crippen LogP contribution is -2.42. The molecule has 1 aromatic rings. The lowest BCUT2D eigenvalue weighted by atomic mass is 10.1. The van der Waals surface area contributed by atoms with E-state index >= 15 is 0 Å². The molecule has 0 saturated carbocycles. The fraction of sp³-hybridized carbons (Fsp3) is 0.471. The first-order valence-corrected chi connectivity index (χ1v) is 7.81. The van der Waals surface area contributed by atoms with E-state index in [1.807, 2.05) is 6.92 Å². The van der Waals surface area contributed by atoms with Crippen LogP contribution < -0.4 is 15.4 Å². The first-order valence-electron chi connectivity index (χ1n) is 7.81. The van der Waals surface area contributed by atoms with Crippen LogP contribution in [-0.4, -0.2) is 25.4 Å². The van der Waals surface area contributed by atoms with Crippen LogP contribution >= 0.6 is 0 Å². The molecule has 1 unspecified atom stereocenters. The van der Waals surface area contributed by atoms with E-state index < -0.39 is 0 Å². The van der Waals surface area contributed by atoms with Crippen molar-refractivity contribution in [2.75, 3.05) is 13.3 Å². The van der Waals surface area contributed by atoms with Gasteiger partial charge in [-0.25, -0.2) is 9.18 Å². The average Bonchev–Trinajstić information content (AvgIpc) is 2.54. The Labute approximate surface area is 135 Å². The first-order chi connectivity index (χ1) is 11.1. The SMILES string of the molecule is C=CCC(CC)NC(=O)NCCc1cc(F)cc2c1OCOC2. The molecule has 0 radical (unpaired) electrons. The summed E-state index contributed by atoms with van der Waals surface area (Å²) in [6.07, 6.45) is 3.85. The van der Waals surface area contributed by atoms with Crippen molar-refractivity contribution >= 4 is 6.03 Å². The van der Waals surface area contributed by atoms with Crippen molar-refractivity contribution in [3.05, 3.63) is 41.7 Å². The van der Waals surface area contributed by atoms with Crippen molar-refractivity contribution in [2.24, 2.45) is 0 Å². The van der Waals surface area contributed by atoms with Gasteiger partial charge in [0.05, 0.1) is 6.61 Å². The van der Waals surface area contributed by atoms with Crippen molar-refractivity contribution in [2.45, 2.75) is 38.8 Å². The quantitative estimate of drug-likeness (QED) is 0.759. The summed E-state index contributed by atoms with van der Waals surface area (Å²) in [6.45, 7) is 6.59. The zero-order valence-electron chi connectivity index (χ0n) is 13.4. The highest BCUT2D eigenvalue weighted by Gasteiger charge is 2.17. The van der Waals surface area contributed by atoms with Gasteiger partial charge < -0.3 is 20.1 Å². The monoisotopic (exact) mass is 322 g/mol. The second kappa shape index (κ2) is 8.53. The van der Waals surface area contributed by atoms with Gasteiger partial charge in [-0.05, 0) is 37.0 Å². The van der Waals surface area contributed by atoms with Crippen LogP contribution in [0.15, 0.2) is 24.8 Å². The molecular weight excluding hydrogens is 299 g/mol. The van der Waals surface area contributed by atoms with Gasteiger partial charge in [-0.1, -0.05) is 13.0 Å². The zero-order chi connectivity index (χ0) is 16.7. The number of hydrogen-bond acceptors (Lipinski definition) is 3. The van der Waals surface area contributed by atoms with E-state index in [4.69, 9.17) is 9.47 Å². The molecule has 1 atom stereocenters. The summed E-state index contributed by atoms with van der Waals surface area (Å²) in [5.41, 5.74) is 1.44. The number of benzene rings is 1. The predicted octanol–water partition coefficient (Wildman–Crippen LogP) is 2.89. The summed E-state index contributed by atoms with van der Waals surface area (Å²) in [7, 11) is 0. The van der Waals surface area contributed by atoms with Crippen LogP contribution in [0.1, 0.15) is 30.9 Å². The lowest BCUT2D eigenvalue weighted by Gasteiger charge is -2.21. The summed E-state index contributed by atoms with van der Waals surface area (Å²) < 4.78 is 24.2. The molecule has 2 rings (SSSR count). The molecular formula is C17H23FN2O3. The highest BCUT2D eigenvalue weighted by atomic mass is 19.1. The Morgan fingerprint density at radius 1 is 1.52 bits per heavy atom. The van der Waals surface area contributed by atoms with Crippen molar-refractivity contribution in [3.63, 3.8) is 0 Å². The van der Waals surface area contributed by atoms with E-state index in [2.05, 4.69) is 17.2 Å². The lowest BCUT2D eigenvalue weighted by molar-refractivity contribution is -0.0172. The van der Waals surface area contributed by atoms with Gasteiger partial charge in [-0.15, -0.1) is 6.58 Å². The minimum absolute atomic E-state index is 0.0786. The van der Waals surface area contributed by atoms with Crippen molar-refractivity contribution in [3.8, 4) is 5.75 Å². The van der Waals surface area contributed by atoms with E-state index in [0.29, 0.717) is 30.9 Å². The Balaban J connectivity index is 1.88. The highest BCUT2D eigenvalue weighted by Crippen LogP contribution is 2.29. The maximum absolute atomic E-state index is 13.6. The smallest absolute Gasteiger partial charge is 0.315 e. The first kappa shape index (κ1) is 17.3. The second-order valence-corrected chi connectivity index (χ2v) is 5.44. The number of rotatable bonds is 7. The molecule has 126 valence electrons. The topological polar surface area (TPSA) is 59.6 Å². The normalized spacial score (nSPS) is 14.3. The van der Waals surface area contributed by atoms with E-state index in [1.165, 1.54) is 12.1 Å². The molecule has 1 aromatic carbocycles. The minimum Gasteiger partial charge on any atom is -0.467 e. The number of carbonyl (C=O) groups excluding carboxylic acids is 1. The summed E-state index contributed by atoms with van der Waals surface area (Å²) in [4.78, 5) is 11.9. The Morgan fingerprint density at radius 2 is 2.35 bits per heavy atom. The molecule has 23 heavy (non-hydrogen) atoms. The molecule has 1 aliphatic heterocycles. The van der Waals surface area contributed by atoms with Crippen LogP contribution in [0.2, 0.25) is 0 Å². The highest BCUT2D eigenvalue weighted by molar-refractivity contribution is 5.74. The molecule has 1 heterocycles. The fourth-order valence-corrected chi connectivity index (χ4v) is 2.52. The predicted molar refractivity (Wildman–Crippen MR) is 85.8 cm³/mol. The number of urea groups is 1. The number of ether oxygens (including phenoxy) is 2. The third-order valence-corrected chi connectivity index (χ3v) is 3.71. The van der Waals surface area contributed by atoms with Crippen LogP contribution in [0.25, 0.3) is 0 Å². The molecule has 6 heteroatoms. The number of fused-ring (bicyclic) bond motifs is 1. The Hall–Kier alpha value is -2.08. The molecule has 0 aromatic heterocycles. The van der Waals surface area contributed by atoms with Crippen molar-refractivity contribution < 1.29 is 18.7 Å². The van der Waals surface area contributed by atoms with Crippen molar-refractivity contribution in [1.82, 2.24) is 10.6 Å². The van der Waals surface area contributed by atoms with Gasteiger partial charge in [-0.3, -0.25) is 0 Å².